The summed E-state index contributed by atoms with van der Waals surface area (Å²) in [5.74, 6) is 0. The van der Waals surface area contributed by atoms with Gasteiger partial charge in [-0.1, -0.05) is 0 Å². The smallest absolute Gasteiger partial charge is 0.229 e. The van der Waals surface area contributed by atoms with Gasteiger partial charge in [-0.05, 0) is 0 Å². The van der Waals surface area contributed by atoms with Gasteiger partial charge in [-0.2, -0.15) is 0 Å². The van der Waals surface area contributed by atoms with Crippen LogP contribution in [0.25, 0.3) is 0 Å². The predicted octanol–water partition coefficient (Wildman–Crippen LogP) is 0.556. The third-order valence-electron chi connectivity index (χ3n) is 0.558. The Balaban J connectivity index is 3.22. The second-order valence-electron chi connectivity index (χ2n) is 1.31. The third-order valence-corrected chi connectivity index (χ3v) is 0.558. The highest BCUT2D eigenvalue weighted by molar-refractivity contribution is 4.39. The second-order valence-corrected chi connectivity index (χ2v) is 1.31. The lowest BCUT2D eigenvalue weighted by atomic mass is 10.7. The highest BCUT2D eigenvalue weighted by Gasteiger charge is 2.11. The second kappa shape index (κ2) is 4.58. The van der Waals surface area contributed by atoms with E-state index < -0.39 is 26.0 Å². The van der Waals surface area contributed by atoms with Crippen LogP contribution in [-0.4, -0.2) is 31.1 Å². The third kappa shape index (κ3) is 4.23. The molecule has 0 heterocycles. The van der Waals surface area contributed by atoms with Crippen LogP contribution < -0.4 is 0 Å². The molecule has 0 aromatic carbocycles. The summed E-state index contributed by atoms with van der Waals surface area (Å²) in [7, 11) is 0. The lowest BCUT2D eigenvalue weighted by Crippen LogP contribution is -2.21. The lowest BCUT2D eigenvalue weighted by Gasteiger charge is -2.08. The summed E-state index contributed by atoms with van der Waals surface area (Å²) in [6.45, 7) is -2.61. The van der Waals surface area contributed by atoms with Crippen LogP contribution in [0.4, 0.5) is 13.2 Å². The zero-order chi connectivity index (χ0) is 7.28. The number of hydrogen-bond donors (Lipinski definition) is 1. The topological polar surface area (TPSA) is 29.5 Å². The fraction of sp³-hybridized carbons (Fsp3) is 1.00. The number of hydrogen-bond acceptors (Lipinski definition) is 2. The molecule has 0 saturated heterocycles. The molecular weight excluding hydrogens is 137 g/mol. The van der Waals surface area contributed by atoms with Gasteiger partial charge in [0.1, 0.15) is 13.3 Å². The maximum atomic E-state index is 11.6. The number of ether oxygens (including phenoxy) is 1. The van der Waals surface area contributed by atoms with Crippen molar-refractivity contribution in [2.45, 2.75) is 12.6 Å². The van der Waals surface area contributed by atoms with Gasteiger partial charge in [0.05, 0.1) is 0 Å². The van der Waals surface area contributed by atoms with Gasteiger partial charge in [0.2, 0.25) is 6.36 Å². The highest BCUT2D eigenvalue weighted by atomic mass is 19.2. The van der Waals surface area contributed by atoms with E-state index >= 15 is 0 Å². The summed E-state index contributed by atoms with van der Waals surface area (Å²) in [5, 5.41) is 8.16. The van der Waals surface area contributed by atoms with Gasteiger partial charge >= 0.3 is 0 Å². The normalized spacial score (nSPS) is 17.3. The molecule has 5 heteroatoms. The van der Waals surface area contributed by atoms with Gasteiger partial charge in [0.25, 0.3) is 0 Å². The van der Waals surface area contributed by atoms with Crippen molar-refractivity contribution in [2.75, 3.05) is 13.3 Å². The van der Waals surface area contributed by atoms with Crippen molar-refractivity contribution in [3.8, 4) is 0 Å². The minimum absolute atomic E-state index is 1.24. The molecule has 0 fully saturated rings. The van der Waals surface area contributed by atoms with Crippen LogP contribution in [0.1, 0.15) is 0 Å². The van der Waals surface area contributed by atoms with E-state index in [1.54, 1.807) is 0 Å². The maximum Gasteiger partial charge on any atom is 0.229 e. The van der Waals surface area contributed by atoms with Crippen molar-refractivity contribution in [2.24, 2.45) is 0 Å². The van der Waals surface area contributed by atoms with E-state index in [4.69, 9.17) is 5.11 Å². The highest BCUT2D eigenvalue weighted by Crippen LogP contribution is 1.98. The fourth-order valence-corrected chi connectivity index (χ4v) is 0.243. The number of aliphatic hydroxyl groups excluding tert-OH is 1. The minimum Gasteiger partial charge on any atom is -0.366 e. The van der Waals surface area contributed by atoms with Crippen molar-refractivity contribution in [1.82, 2.24) is 0 Å². The summed E-state index contributed by atoms with van der Waals surface area (Å²) in [5.41, 5.74) is 0. The predicted molar refractivity (Wildman–Crippen MR) is 23.9 cm³/mol. The van der Waals surface area contributed by atoms with Gasteiger partial charge in [-0.15, -0.1) is 0 Å². The van der Waals surface area contributed by atoms with Crippen molar-refractivity contribution in [3.05, 3.63) is 0 Å². The molecule has 56 valence electrons. The monoisotopic (exact) mass is 144 g/mol. The molecule has 9 heavy (non-hydrogen) atoms. The molecule has 2 atom stereocenters. The Labute approximate surface area is 50.2 Å². The Morgan fingerprint density at radius 1 is 1.33 bits per heavy atom. The molecule has 0 aromatic heterocycles. The van der Waals surface area contributed by atoms with Crippen molar-refractivity contribution < 1.29 is 23.0 Å². The zero-order valence-electron chi connectivity index (χ0n) is 4.56. The summed E-state index contributed by atoms with van der Waals surface area (Å²) < 4.78 is 37.7. The first-order valence-corrected chi connectivity index (χ1v) is 2.30. The van der Waals surface area contributed by atoms with Gasteiger partial charge < -0.3 is 9.84 Å². The largest absolute Gasteiger partial charge is 0.366 e. The molecule has 1 N–H and O–H groups in total. The van der Waals surface area contributed by atoms with Crippen molar-refractivity contribution in [1.29, 1.82) is 0 Å². The Morgan fingerprint density at radius 2 is 1.89 bits per heavy atom. The lowest BCUT2D eigenvalue weighted by molar-refractivity contribution is -0.187. The SMILES string of the molecule is OC(CF)OC(F)CF. The average Bonchev–Trinajstić information content (AvgIpc) is 1.87. The van der Waals surface area contributed by atoms with Crippen LogP contribution in [0.2, 0.25) is 0 Å². The Bertz CT molecular complexity index is 62.8. The van der Waals surface area contributed by atoms with Gasteiger partial charge in [0, 0.05) is 0 Å². The van der Waals surface area contributed by atoms with Crippen LogP contribution in [0.3, 0.4) is 0 Å². The van der Waals surface area contributed by atoms with E-state index in [0.29, 0.717) is 0 Å². The number of rotatable bonds is 4. The number of aliphatic hydroxyl groups is 1. The number of alkyl halides is 3. The van der Waals surface area contributed by atoms with E-state index in [1.807, 2.05) is 0 Å². The molecule has 0 rings (SSSR count). The first-order chi connectivity index (χ1) is 4.20. The van der Waals surface area contributed by atoms with Crippen LogP contribution in [-0.2, 0) is 4.74 Å². The molecule has 0 aliphatic heterocycles. The number of halogens is 3. The maximum absolute atomic E-state index is 11.6. The van der Waals surface area contributed by atoms with Crippen molar-refractivity contribution in [3.63, 3.8) is 0 Å². The molecular formula is C4H7F3O2. The van der Waals surface area contributed by atoms with Gasteiger partial charge in [-0.25, -0.2) is 13.2 Å². The molecule has 0 spiro atoms. The van der Waals surface area contributed by atoms with Crippen LogP contribution in [0.15, 0.2) is 0 Å². The molecule has 0 aliphatic rings. The molecule has 2 unspecified atom stereocenters. The van der Waals surface area contributed by atoms with Crippen LogP contribution in [0, 0.1) is 0 Å². The van der Waals surface area contributed by atoms with E-state index in [-0.39, 0.29) is 0 Å². The first kappa shape index (κ1) is 8.71. The van der Waals surface area contributed by atoms with E-state index in [0.717, 1.165) is 0 Å². The molecule has 0 aromatic rings. The zero-order valence-corrected chi connectivity index (χ0v) is 4.56. The van der Waals surface area contributed by atoms with Gasteiger partial charge in [-0.3, -0.25) is 0 Å². The van der Waals surface area contributed by atoms with Crippen LogP contribution in [0.5, 0.6) is 0 Å². The van der Waals surface area contributed by atoms with E-state index in [9.17, 15) is 13.2 Å². The fourth-order valence-electron chi connectivity index (χ4n) is 0.243. The quantitative estimate of drug-likeness (QED) is 0.584. The van der Waals surface area contributed by atoms with E-state index in [1.165, 1.54) is 0 Å². The summed E-state index contributed by atoms with van der Waals surface area (Å²) in [6.07, 6.45) is -4.08. The molecule has 2 nitrogen and oxygen atoms in total. The minimum atomic E-state index is -2.23. The molecule has 0 aliphatic carbocycles. The Hall–Kier alpha value is -0.290. The van der Waals surface area contributed by atoms with Crippen LogP contribution >= 0.6 is 0 Å². The molecule has 0 saturated carbocycles. The van der Waals surface area contributed by atoms with Gasteiger partial charge in [0.15, 0.2) is 6.29 Å². The molecule has 0 amide bonds. The Morgan fingerprint density at radius 3 is 2.22 bits per heavy atom. The Kier molecular flexibility index (Phi) is 4.43. The van der Waals surface area contributed by atoms with E-state index in [2.05, 4.69) is 4.74 Å². The molecule has 0 bridgehead atoms. The standard InChI is InChI=1S/C4H7F3O2/c5-1-3(7)9-4(8)2-6/h3-4,8H,1-2H2. The molecule has 0 radical (unpaired) electrons. The van der Waals surface area contributed by atoms with Crippen molar-refractivity contribution >= 4 is 0 Å². The average molecular weight is 144 g/mol. The summed E-state index contributed by atoms with van der Waals surface area (Å²) >= 11 is 0. The summed E-state index contributed by atoms with van der Waals surface area (Å²) in [4.78, 5) is 0. The first-order valence-electron chi connectivity index (χ1n) is 2.30. The summed E-state index contributed by atoms with van der Waals surface area (Å²) in [6, 6.07) is 0.